The number of fused-ring (bicyclic) bond motifs is 1. The van der Waals surface area contributed by atoms with E-state index >= 15 is 0 Å². The number of rotatable bonds is 2. The molecule has 0 aliphatic rings. The van der Waals surface area contributed by atoms with Gasteiger partial charge in [0.1, 0.15) is 17.9 Å². The van der Waals surface area contributed by atoms with Gasteiger partial charge in [0.15, 0.2) is 0 Å². The van der Waals surface area contributed by atoms with E-state index in [1.54, 1.807) is 13.3 Å². The molecule has 18 heavy (non-hydrogen) atoms. The van der Waals surface area contributed by atoms with E-state index in [2.05, 4.69) is 15.1 Å². The first-order valence-electron chi connectivity index (χ1n) is 5.39. The lowest BCUT2D eigenvalue weighted by Gasteiger charge is -2.10. The van der Waals surface area contributed by atoms with Gasteiger partial charge in [-0.3, -0.25) is 0 Å². The lowest BCUT2D eigenvalue weighted by Crippen LogP contribution is -2.03. The summed E-state index contributed by atoms with van der Waals surface area (Å²) in [5.41, 5.74) is 7.73. The zero-order valence-electron chi connectivity index (χ0n) is 9.74. The maximum absolute atomic E-state index is 6.08. The molecular formula is C12H11N5O. The molecule has 2 heterocycles. The van der Waals surface area contributed by atoms with E-state index in [1.807, 2.05) is 24.3 Å². The Labute approximate surface area is 103 Å². The van der Waals surface area contributed by atoms with Crippen LogP contribution in [0.2, 0.25) is 0 Å². The Morgan fingerprint density at radius 3 is 2.83 bits per heavy atom. The average molecular weight is 241 g/mol. The van der Waals surface area contributed by atoms with Crippen LogP contribution in [-0.4, -0.2) is 26.7 Å². The topological polar surface area (TPSA) is 78.3 Å². The van der Waals surface area contributed by atoms with Gasteiger partial charge in [0.25, 0.3) is 5.78 Å². The Balaban J connectivity index is 2.28. The van der Waals surface area contributed by atoms with Crippen molar-refractivity contribution in [3.8, 4) is 16.9 Å². The lowest BCUT2D eigenvalue weighted by molar-refractivity contribution is 0.416. The lowest BCUT2D eigenvalue weighted by atomic mass is 10.1. The molecule has 0 fully saturated rings. The number of nitrogen functional groups attached to an aromatic ring is 1. The van der Waals surface area contributed by atoms with E-state index in [-0.39, 0.29) is 0 Å². The molecule has 3 rings (SSSR count). The summed E-state index contributed by atoms with van der Waals surface area (Å²) in [7, 11) is 1.62. The summed E-state index contributed by atoms with van der Waals surface area (Å²) in [4.78, 5) is 8.19. The molecule has 6 nitrogen and oxygen atoms in total. The predicted molar refractivity (Wildman–Crippen MR) is 67.2 cm³/mol. The highest BCUT2D eigenvalue weighted by atomic mass is 16.5. The second-order valence-corrected chi connectivity index (χ2v) is 3.73. The zero-order chi connectivity index (χ0) is 12.5. The highest BCUT2D eigenvalue weighted by molar-refractivity contribution is 5.78. The third-order valence-corrected chi connectivity index (χ3v) is 2.74. The van der Waals surface area contributed by atoms with Crippen molar-refractivity contribution in [3.63, 3.8) is 0 Å². The molecule has 0 radical (unpaired) electrons. The third-order valence-electron chi connectivity index (χ3n) is 2.74. The minimum Gasteiger partial charge on any atom is -0.496 e. The van der Waals surface area contributed by atoms with Crippen LogP contribution in [0.4, 0.5) is 5.82 Å². The van der Waals surface area contributed by atoms with E-state index in [4.69, 9.17) is 10.5 Å². The quantitative estimate of drug-likeness (QED) is 0.733. The number of ether oxygens (including phenoxy) is 1. The normalized spacial score (nSPS) is 10.7. The van der Waals surface area contributed by atoms with Gasteiger partial charge in [-0.2, -0.15) is 14.6 Å². The smallest absolute Gasteiger partial charge is 0.254 e. The van der Waals surface area contributed by atoms with Crippen molar-refractivity contribution in [3.05, 3.63) is 36.8 Å². The van der Waals surface area contributed by atoms with Crippen molar-refractivity contribution in [2.75, 3.05) is 12.8 Å². The number of hydrogen-bond acceptors (Lipinski definition) is 5. The molecule has 0 amide bonds. The van der Waals surface area contributed by atoms with Gasteiger partial charge in [0.05, 0.1) is 7.11 Å². The standard InChI is InChI=1S/C12H11N5O/c1-18-10-5-3-2-4-8(10)9-6-14-12-15-7-16-17(12)11(9)13/h2-7H,13H2,1H3. The van der Waals surface area contributed by atoms with Gasteiger partial charge >= 0.3 is 0 Å². The summed E-state index contributed by atoms with van der Waals surface area (Å²) < 4.78 is 6.82. The maximum Gasteiger partial charge on any atom is 0.254 e. The number of para-hydroxylation sites is 1. The number of anilines is 1. The Bertz CT molecular complexity index is 707. The van der Waals surface area contributed by atoms with E-state index in [1.165, 1.54) is 10.8 Å². The van der Waals surface area contributed by atoms with E-state index < -0.39 is 0 Å². The van der Waals surface area contributed by atoms with Crippen molar-refractivity contribution >= 4 is 11.6 Å². The largest absolute Gasteiger partial charge is 0.496 e. The van der Waals surface area contributed by atoms with Crippen molar-refractivity contribution in [1.82, 2.24) is 19.6 Å². The van der Waals surface area contributed by atoms with Crippen molar-refractivity contribution in [2.45, 2.75) is 0 Å². The van der Waals surface area contributed by atoms with Gasteiger partial charge in [-0.15, -0.1) is 0 Å². The molecule has 6 heteroatoms. The summed E-state index contributed by atoms with van der Waals surface area (Å²) in [6, 6.07) is 7.62. The molecule has 0 atom stereocenters. The summed E-state index contributed by atoms with van der Waals surface area (Å²) in [5, 5.41) is 4.04. The van der Waals surface area contributed by atoms with Crippen LogP contribution < -0.4 is 10.5 Å². The first-order chi connectivity index (χ1) is 8.81. The highest BCUT2D eigenvalue weighted by Gasteiger charge is 2.12. The Hall–Kier alpha value is -2.63. The van der Waals surface area contributed by atoms with Crippen LogP contribution in [0.15, 0.2) is 36.8 Å². The second kappa shape index (κ2) is 3.99. The van der Waals surface area contributed by atoms with E-state index in [0.29, 0.717) is 11.6 Å². The molecule has 0 saturated carbocycles. The Morgan fingerprint density at radius 2 is 2.00 bits per heavy atom. The summed E-state index contributed by atoms with van der Waals surface area (Å²) in [6.45, 7) is 0. The van der Waals surface area contributed by atoms with Crippen LogP contribution in [0.25, 0.3) is 16.9 Å². The van der Waals surface area contributed by atoms with E-state index in [9.17, 15) is 0 Å². The third kappa shape index (κ3) is 1.46. The van der Waals surface area contributed by atoms with Gasteiger partial charge < -0.3 is 10.5 Å². The van der Waals surface area contributed by atoms with Crippen molar-refractivity contribution in [2.24, 2.45) is 0 Å². The minimum absolute atomic E-state index is 0.478. The first kappa shape index (κ1) is 10.5. The Kier molecular flexibility index (Phi) is 2.33. The number of methoxy groups -OCH3 is 1. The second-order valence-electron chi connectivity index (χ2n) is 3.73. The SMILES string of the molecule is COc1ccccc1-c1cnc2ncnn2c1N. The molecule has 0 aliphatic carbocycles. The average Bonchev–Trinajstić information content (AvgIpc) is 2.88. The minimum atomic E-state index is 0.478. The van der Waals surface area contributed by atoms with Crippen LogP contribution in [0.3, 0.4) is 0 Å². The maximum atomic E-state index is 6.08. The van der Waals surface area contributed by atoms with E-state index in [0.717, 1.165) is 16.9 Å². The molecule has 3 aromatic rings. The van der Waals surface area contributed by atoms with Crippen LogP contribution in [-0.2, 0) is 0 Å². The van der Waals surface area contributed by atoms with Gasteiger partial charge in [-0.1, -0.05) is 18.2 Å². The monoisotopic (exact) mass is 241 g/mol. The molecular weight excluding hydrogens is 230 g/mol. The summed E-state index contributed by atoms with van der Waals surface area (Å²) in [5.74, 6) is 1.71. The fourth-order valence-electron chi connectivity index (χ4n) is 1.87. The van der Waals surface area contributed by atoms with Crippen LogP contribution >= 0.6 is 0 Å². The van der Waals surface area contributed by atoms with Gasteiger partial charge in [-0.25, -0.2) is 4.98 Å². The molecule has 2 aromatic heterocycles. The number of aromatic nitrogens is 4. The fraction of sp³-hybridized carbons (Fsp3) is 0.0833. The molecule has 0 saturated heterocycles. The summed E-state index contributed by atoms with van der Waals surface area (Å²) >= 11 is 0. The van der Waals surface area contributed by atoms with Gasteiger partial charge in [0, 0.05) is 17.3 Å². The zero-order valence-corrected chi connectivity index (χ0v) is 9.74. The first-order valence-corrected chi connectivity index (χ1v) is 5.39. The van der Waals surface area contributed by atoms with Gasteiger partial charge in [-0.05, 0) is 6.07 Å². The van der Waals surface area contributed by atoms with Crippen LogP contribution in [0, 0.1) is 0 Å². The molecule has 0 unspecified atom stereocenters. The van der Waals surface area contributed by atoms with Gasteiger partial charge in [0.2, 0.25) is 0 Å². The fourth-order valence-corrected chi connectivity index (χ4v) is 1.87. The molecule has 90 valence electrons. The Morgan fingerprint density at radius 1 is 1.17 bits per heavy atom. The van der Waals surface area contributed by atoms with Crippen LogP contribution in [0.1, 0.15) is 0 Å². The number of benzene rings is 1. The molecule has 0 spiro atoms. The number of nitrogens with two attached hydrogens (primary N) is 1. The number of hydrogen-bond donors (Lipinski definition) is 1. The predicted octanol–water partition coefficient (Wildman–Crippen LogP) is 1.38. The summed E-state index contributed by atoms with van der Waals surface area (Å²) in [6.07, 6.45) is 3.10. The van der Waals surface area contributed by atoms with Crippen molar-refractivity contribution in [1.29, 1.82) is 0 Å². The molecule has 0 bridgehead atoms. The molecule has 1 aromatic carbocycles. The molecule has 2 N–H and O–H groups in total. The number of nitrogens with zero attached hydrogens (tertiary/aromatic N) is 4. The van der Waals surface area contributed by atoms with Crippen molar-refractivity contribution < 1.29 is 4.74 Å². The highest BCUT2D eigenvalue weighted by Crippen LogP contribution is 2.32. The molecule has 0 aliphatic heterocycles. The van der Waals surface area contributed by atoms with Crippen LogP contribution in [0.5, 0.6) is 5.75 Å².